The number of nitrogens with zero attached hydrogens (tertiary/aromatic N) is 3. The molecule has 0 aliphatic carbocycles. The van der Waals surface area contributed by atoms with Crippen molar-refractivity contribution in [3.8, 4) is 23.0 Å². The first-order chi connectivity index (χ1) is 10.9. The molecule has 0 radical (unpaired) electrons. The molecule has 2 aliphatic rings. The highest BCUT2D eigenvalue weighted by atomic mass is 16.7. The van der Waals surface area contributed by atoms with Gasteiger partial charge in [-0.2, -0.15) is 0 Å². The summed E-state index contributed by atoms with van der Waals surface area (Å²) < 4.78 is 16.5. The Labute approximate surface area is 129 Å². The van der Waals surface area contributed by atoms with Gasteiger partial charge in [0.15, 0.2) is 11.5 Å². The summed E-state index contributed by atoms with van der Waals surface area (Å²) in [7, 11) is 0. The zero-order valence-electron chi connectivity index (χ0n) is 12.5. The second kappa shape index (κ2) is 5.96. The Bertz CT molecular complexity index is 648. The molecule has 0 spiro atoms. The summed E-state index contributed by atoms with van der Waals surface area (Å²) in [6, 6.07) is 5.67. The average molecular weight is 301 g/mol. The third-order valence-electron chi connectivity index (χ3n) is 4.14. The van der Waals surface area contributed by atoms with Crippen LogP contribution >= 0.6 is 0 Å². The highest BCUT2D eigenvalue weighted by Gasteiger charge is 2.18. The molecule has 3 heterocycles. The molecular weight excluding hydrogens is 282 g/mol. The fraction of sp³-hybridized carbons (Fsp3) is 0.500. The number of aromatic nitrogens is 2. The van der Waals surface area contributed by atoms with E-state index < -0.39 is 0 Å². The number of rotatable bonds is 3. The third kappa shape index (κ3) is 2.78. The highest BCUT2D eigenvalue weighted by molar-refractivity contribution is 5.60. The van der Waals surface area contributed by atoms with E-state index in [4.69, 9.17) is 13.9 Å². The predicted octanol–water partition coefficient (Wildman–Crippen LogP) is 2.84. The van der Waals surface area contributed by atoms with E-state index in [9.17, 15) is 0 Å². The highest BCUT2D eigenvalue weighted by Crippen LogP contribution is 2.35. The topological polar surface area (TPSA) is 60.6 Å². The monoisotopic (exact) mass is 301 g/mol. The molecule has 6 heteroatoms. The summed E-state index contributed by atoms with van der Waals surface area (Å²) in [5, 5.41) is 8.34. The number of benzene rings is 1. The van der Waals surface area contributed by atoms with Crippen LogP contribution in [0.25, 0.3) is 11.5 Å². The Morgan fingerprint density at radius 2 is 1.77 bits per heavy atom. The van der Waals surface area contributed by atoms with Crippen LogP contribution < -0.4 is 9.47 Å². The van der Waals surface area contributed by atoms with Crippen molar-refractivity contribution >= 4 is 0 Å². The van der Waals surface area contributed by atoms with Gasteiger partial charge in [0.05, 0.1) is 6.54 Å². The van der Waals surface area contributed by atoms with Crippen molar-refractivity contribution in [1.82, 2.24) is 15.1 Å². The molecule has 6 nitrogen and oxygen atoms in total. The molecule has 1 saturated heterocycles. The Balaban J connectivity index is 1.49. The second-order valence-electron chi connectivity index (χ2n) is 5.76. The van der Waals surface area contributed by atoms with Gasteiger partial charge in [0.25, 0.3) is 0 Å². The number of likely N-dealkylation sites (tertiary alicyclic amines) is 1. The maximum Gasteiger partial charge on any atom is 0.247 e. The number of hydrogen-bond donors (Lipinski definition) is 0. The maximum atomic E-state index is 5.81. The van der Waals surface area contributed by atoms with E-state index in [0.29, 0.717) is 11.8 Å². The minimum atomic E-state index is 0.267. The van der Waals surface area contributed by atoms with Gasteiger partial charge in [-0.1, -0.05) is 12.8 Å². The molecule has 0 amide bonds. The molecule has 1 fully saturated rings. The largest absolute Gasteiger partial charge is 0.454 e. The van der Waals surface area contributed by atoms with E-state index in [1.54, 1.807) is 0 Å². The summed E-state index contributed by atoms with van der Waals surface area (Å²) in [6.45, 7) is 3.23. The van der Waals surface area contributed by atoms with E-state index in [2.05, 4.69) is 15.1 Å². The van der Waals surface area contributed by atoms with Crippen molar-refractivity contribution in [1.29, 1.82) is 0 Å². The first kappa shape index (κ1) is 13.6. The van der Waals surface area contributed by atoms with E-state index in [1.165, 1.54) is 25.7 Å². The lowest BCUT2D eigenvalue weighted by Crippen LogP contribution is -2.24. The van der Waals surface area contributed by atoms with Gasteiger partial charge in [0, 0.05) is 5.56 Å². The number of hydrogen-bond acceptors (Lipinski definition) is 6. The van der Waals surface area contributed by atoms with Gasteiger partial charge in [0.1, 0.15) is 0 Å². The van der Waals surface area contributed by atoms with E-state index in [0.717, 1.165) is 36.7 Å². The standard InChI is InChI=1S/C16H19N3O3/c1-2-4-8-19(7-3-1)10-15-17-18-16(22-15)12-5-6-13-14(9-12)21-11-20-13/h5-6,9H,1-4,7-8,10-11H2. The molecular formula is C16H19N3O3. The smallest absolute Gasteiger partial charge is 0.247 e. The summed E-state index contributed by atoms with van der Waals surface area (Å²) in [5.74, 6) is 2.69. The van der Waals surface area contributed by atoms with Gasteiger partial charge in [0.2, 0.25) is 18.6 Å². The van der Waals surface area contributed by atoms with Crippen LogP contribution in [-0.4, -0.2) is 35.0 Å². The minimum Gasteiger partial charge on any atom is -0.454 e. The predicted molar refractivity (Wildman–Crippen MR) is 79.6 cm³/mol. The van der Waals surface area contributed by atoms with Crippen LogP contribution in [0, 0.1) is 0 Å². The minimum absolute atomic E-state index is 0.267. The van der Waals surface area contributed by atoms with Crippen LogP contribution in [-0.2, 0) is 6.54 Å². The normalized spacial score (nSPS) is 18.4. The Morgan fingerprint density at radius 1 is 0.955 bits per heavy atom. The van der Waals surface area contributed by atoms with Gasteiger partial charge in [-0.05, 0) is 44.1 Å². The SMILES string of the molecule is c1cc2c(cc1-c1nnc(CN3CCCCCC3)o1)OCO2. The van der Waals surface area contributed by atoms with Gasteiger partial charge < -0.3 is 13.9 Å². The Hall–Kier alpha value is -2.08. The van der Waals surface area contributed by atoms with Crippen molar-refractivity contribution in [2.75, 3.05) is 19.9 Å². The number of ether oxygens (including phenoxy) is 2. The zero-order chi connectivity index (χ0) is 14.8. The summed E-state index contributed by atoms with van der Waals surface area (Å²) in [4.78, 5) is 2.39. The van der Waals surface area contributed by atoms with Gasteiger partial charge in [-0.15, -0.1) is 10.2 Å². The van der Waals surface area contributed by atoms with Crippen molar-refractivity contribution in [2.24, 2.45) is 0 Å². The lowest BCUT2D eigenvalue weighted by molar-refractivity contribution is 0.174. The molecule has 0 saturated carbocycles. The van der Waals surface area contributed by atoms with Crippen LogP contribution in [0.15, 0.2) is 22.6 Å². The third-order valence-corrected chi connectivity index (χ3v) is 4.14. The van der Waals surface area contributed by atoms with E-state index >= 15 is 0 Å². The van der Waals surface area contributed by atoms with Crippen molar-refractivity contribution in [3.63, 3.8) is 0 Å². The molecule has 2 aromatic rings. The van der Waals surface area contributed by atoms with Gasteiger partial charge in [-0.25, -0.2) is 0 Å². The van der Waals surface area contributed by atoms with Crippen LogP contribution in [0.2, 0.25) is 0 Å². The summed E-state index contributed by atoms with van der Waals surface area (Å²) >= 11 is 0. The molecule has 116 valence electrons. The first-order valence-electron chi connectivity index (χ1n) is 7.83. The van der Waals surface area contributed by atoms with Crippen LogP contribution in [0.1, 0.15) is 31.6 Å². The first-order valence-corrected chi connectivity index (χ1v) is 7.83. The summed E-state index contributed by atoms with van der Waals surface area (Å²) in [5.41, 5.74) is 0.860. The molecule has 0 unspecified atom stereocenters. The molecule has 1 aromatic heterocycles. The summed E-state index contributed by atoms with van der Waals surface area (Å²) in [6.07, 6.45) is 5.15. The van der Waals surface area contributed by atoms with Crippen molar-refractivity contribution in [3.05, 3.63) is 24.1 Å². The fourth-order valence-corrected chi connectivity index (χ4v) is 2.95. The molecule has 22 heavy (non-hydrogen) atoms. The number of fused-ring (bicyclic) bond motifs is 1. The average Bonchev–Trinajstić information content (AvgIpc) is 3.11. The van der Waals surface area contributed by atoms with Crippen LogP contribution in [0.5, 0.6) is 11.5 Å². The maximum absolute atomic E-state index is 5.81. The molecule has 0 bridgehead atoms. The van der Waals surface area contributed by atoms with E-state index in [1.807, 2.05) is 18.2 Å². The van der Waals surface area contributed by atoms with Crippen LogP contribution in [0.3, 0.4) is 0 Å². The second-order valence-corrected chi connectivity index (χ2v) is 5.76. The lowest BCUT2D eigenvalue weighted by atomic mass is 10.2. The van der Waals surface area contributed by atoms with Crippen molar-refractivity contribution < 1.29 is 13.9 Å². The van der Waals surface area contributed by atoms with Crippen molar-refractivity contribution in [2.45, 2.75) is 32.2 Å². The van der Waals surface area contributed by atoms with E-state index in [-0.39, 0.29) is 6.79 Å². The molecule has 0 N–H and O–H groups in total. The zero-order valence-corrected chi connectivity index (χ0v) is 12.5. The molecule has 2 aliphatic heterocycles. The quantitative estimate of drug-likeness (QED) is 0.869. The Morgan fingerprint density at radius 3 is 2.64 bits per heavy atom. The molecule has 0 atom stereocenters. The van der Waals surface area contributed by atoms with Gasteiger partial charge in [-0.3, -0.25) is 4.90 Å². The Kier molecular flexibility index (Phi) is 3.68. The fourth-order valence-electron chi connectivity index (χ4n) is 2.95. The van der Waals surface area contributed by atoms with Gasteiger partial charge >= 0.3 is 0 Å². The molecule has 4 rings (SSSR count). The van der Waals surface area contributed by atoms with Crippen LogP contribution in [0.4, 0.5) is 0 Å². The molecule has 1 aromatic carbocycles. The lowest BCUT2D eigenvalue weighted by Gasteiger charge is -2.16.